The lowest BCUT2D eigenvalue weighted by Crippen LogP contribution is -2.61. The number of urea groups is 1. The summed E-state index contributed by atoms with van der Waals surface area (Å²) in [6.45, 7) is 5.42. The van der Waals surface area contributed by atoms with E-state index in [9.17, 15) is 14.4 Å². The van der Waals surface area contributed by atoms with Gasteiger partial charge in [0.15, 0.2) is 5.76 Å². The number of imide groups is 1. The number of hydrogen-bond acceptors (Lipinski definition) is 7. The summed E-state index contributed by atoms with van der Waals surface area (Å²) in [6, 6.07) is 16.2. The Hall–Kier alpha value is -3.44. The number of halogens is 1. The standard InChI is InChI=1S/C35H43ClN4O6/c36-29-8-9-30-28(18-29)19-31(46-30)32(41)38-35(13-4-5-14-35)33(42)40(17-12-25-6-2-1-3-7-25)34(43)37-20-26-10-15-39(16-11-26)21-27-22-44-24-45-23-27/h1-3,6-9,18-19,26-27H,4-5,10-17,20-24H2,(H,37,43)(H,38,41). The molecule has 2 aliphatic heterocycles. The van der Waals surface area contributed by atoms with Gasteiger partial charge in [0.2, 0.25) is 0 Å². The van der Waals surface area contributed by atoms with E-state index in [4.69, 9.17) is 25.5 Å². The van der Waals surface area contributed by atoms with Gasteiger partial charge in [-0.05, 0) is 80.9 Å². The van der Waals surface area contributed by atoms with Crippen molar-refractivity contribution in [1.82, 2.24) is 20.4 Å². The molecule has 4 amide bonds. The number of carbonyl (C=O) groups is 3. The van der Waals surface area contributed by atoms with Gasteiger partial charge < -0.3 is 29.4 Å². The predicted molar refractivity (Wildman–Crippen MR) is 175 cm³/mol. The Morgan fingerprint density at radius 2 is 1.70 bits per heavy atom. The van der Waals surface area contributed by atoms with Crippen LogP contribution in [0.1, 0.15) is 54.6 Å². The summed E-state index contributed by atoms with van der Waals surface area (Å²) in [7, 11) is 0. The Labute approximate surface area is 274 Å². The van der Waals surface area contributed by atoms with E-state index in [1.165, 1.54) is 4.90 Å². The van der Waals surface area contributed by atoms with Gasteiger partial charge in [0.25, 0.3) is 11.8 Å². The average molecular weight is 651 g/mol. The summed E-state index contributed by atoms with van der Waals surface area (Å²) in [5.74, 6) is -0.0388. The molecule has 3 aromatic rings. The van der Waals surface area contributed by atoms with Gasteiger partial charge in [-0.15, -0.1) is 0 Å². The fourth-order valence-corrected chi connectivity index (χ4v) is 7.10. The first kappa shape index (κ1) is 32.5. The second-order valence-electron chi connectivity index (χ2n) is 12.9. The van der Waals surface area contributed by atoms with E-state index in [1.807, 2.05) is 30.3 Å². The molecule has 0 unspecified atom stereocenters. The van der Waals surface area contributed by atoms with Gasteiger partial charge in [0.05, 0.1) is 13.2 Å². The number of benzene rings is 2. The van der Waals surface area contributed by atoms with Crippen molar-refractivity contribution >= 4 is 40.4 Å². The molecule has 2 saturated heterocycles. The molecule has 1 saturated carbocycles. The van der Waals surface area contributed by atoms with Gasteiger partial charge >= 0.3 is 6.03 Å². The molecule has 2 aromatic carbocycles. The lowest BCUT2D eigenvalue weighted by atomic mass is 9.94. The third-order valence-corrected chi connectivity index (χ3v) is 9.75. The van der Waals surface area contributed by atoms with Gasteiger partial charge in [0, 0.05) is 36.0 Å². The second kappa shape index (κ2) is 15.0. The Kier molecular flexibility index (Phi) is 10.6. The summed E-state index contributed by atoms with van der Waals surface area (Å²) in [5, 5.41) is 7.32. The van der Waals surface area contributed by atoms with Crippen LogP contribution < -0.4 is 10.6 Å². The molecule has 46 heavy (non-hydrogen) atoms. The van der Waals surface area contributed by atoms with E-state index in [0.29, 0.717) is 60.4 Å². The van der Waals surface area contributed by atoms with Gasteiger partial charge in [-0.3, -0.25) is 14.5 Å². The number of furan rings is 1. The Bertz CT molecular complexity index is 1490. The molecule has 0 spiro atoms. The summed E-state index contributed by atoms with van der Waals surface area (Å²) >= 11 is 6.12. The number of amides is 4. The van der Waals surface area contributed by atoms with Gasteiger partial charge in [-0.1, -0.05) is 54.8 Å². The van der Waals surface area contributed by atoms with Gasteiger partial charge in [-0.2, -0.15) is 0 Å². The molecule has 3 fully saturated rings. The highest BCUT2D eigenvalue weighted by molar-refractivity contribution is 6.31. The summed E-state index contributed by atoms with van der Waals surface area (Å²) in [5.41, 5.74) is 0.368. The Morgan fingerprint density at radius 1 is 0.957 bits per heavy atom. The van der Waals surface area contributed by atoms with Crippen LogP contribution in [0.5, 0.6) is 0 Å². The summed E-state index contributed by atoms with van der Waals surface area (Å²) < 4.78 is 16.7. The van der Waals surface area contributed by atoms with Crippen molar-refractivity contribution in [2.24, 2.45) is 11.8 Å². The third kappa shape index (κ3) is 7.91. The van der Waals surface area contributed by atoms with Crippen LogP contribution in [0.15, 0.2) is 59.0 Å². The van der Waals surface area contributed by atoms with Crippen LogP contribution in [0.4, 0.5) is 4.79 Å². The molecule has 11 heteroatoms. The van der Waals surface area contributed by atoms with Crippen molar-refractivity contribution in [3.8, 4) is 0 Å². The van der Waals surface area contributed by atoms with E-state index in [-0.39, 0.29) is 18.2 Å². The normalized spacial score (nSPS) is 19.2. The van der Waals surface area contributed by atoms with Crippen molar-refractivity contribution in [3.63, 3.8) is 0 Å². The van der Waals surface area contributed by atoms with Crippen LogP contribution in [-0.2, 0) is 20.7 Å². The highest BCUT2D eigenvalue weighted by atomic mass is 35.5. The molecule has 1 aromatic heterocycles. The molecule has 1 aliphatic carbocycles. The predicted octanol–water partition coefficient (Wildman–Crippen LogP) is 5.24. The maximum absolute atomic E-state index is 14.4. The minimum atomic E-state index is -1.19. The van der Waals surface area contributed by atoms with Crippen LogP contribution in [0.3, 0.4) is 0 Å². The molecule has 3 heterocycles. The van der Waals surface area contributed by atoms with E-state index in [2.05, 4.69) is 15.5 Å². The van der Waals surface area contributed by atoms with Gasteiger partial charge in [0.1, 0.15) is 17.9 Å². The average Bonchev–Trinajstić information content (AvgIpc) is 3.73. The molecule has 3 aliphatic rings. The van der Waals surface area contributed by atoms with Crippen LogP contribution in [0.2, 0.25) is 5.02 Å². The van der Waals surface area contributed by atoms with Crippen molar-refractivity contribution < 1.29 is 28.3 Å². The fraction of sp³-hybridized carbons (Fsp3) is 0.514. The van der Waals surface area contributed by atoms with Crippen LogP contribution >= 0.6 is 11.6 Å². The molecular weight excluding hydrogens is 608 g/mol. The number of likely N-dealkylation sites (tertiary alicyclic amines) is 1. The number of ether oxygens (including phenoxy) is 2. The van der Waals surface area contributed by atoms with E-state index in [0.717, 1.165) is 64.1 Å². The first-order valence-corrected chi connectivity index (χ1v) is 16.8. The lowest BCUT2D eigenvalue weighted by Gasteiger charge is -2.36. The summed E-state index contributed by atoms with van der Waals surface area (Å²) in [4.78, 5) is 45.4. The van der Waals surface area contributed by atoms with Crippen LogP contribution in [0, 0.1) is 11.8 Å². The third-order valence-electron chi connectivity index (χ3n) is 9.52. The Morgan fingerprint density at radius 3 is 2.43 bits per heavy atom. The topological polar surface area (TPSA) is 113 Å². The number of nitrogens with one attached hydrogen (secondary N) is 2. The molecule has 6 rings (SSSR count). The minimum Gasteiger partial charge on any atom is -0.451 e. The largest absolute Gasteiger partial charge is 0.451 e. The lowest BCUT2D eigenvalue weighted by molar-refractivity contribution is -0.135. The SMILES string of the molecule is O=C(NC1(C(=O)N(CCc2ccccc2)C(=O)NCC2CCN(CC3COCOC3)CC2)CCCC1)c1cc2cc(Cl)ccc2o1. The van der Waals surface area contributed by atoms with Gasteiger partial charge in [-0.25, -0.2) is 4.79 Å². The molecule has 246 valence electrons. The highest BCUT2D eigenvalue weighted by Gasteiger charge is 2.47. The summed E-state index contributed by atoms with van der Waals surface area (Å²) in [6.07, 6.45) is 4.90. The smallest absolute Gasteiger partial charge is 0.324 e. The number of hydrogen-bond donors (Lipinski definition) is 2. The Balaban J connectivity index is 1.11. The van der Waals surface area contributed by atoms with Crippen molar-refractivity contribution in [1.29, 1.82) is 0 Å². The number of carbonyl (C=O) groups excluding carboxylic acids is 3. The molecular formula is C35H43ClN4O6. The number of nitrogens with zero attached hydrogens (tertiary/aromatic N) is 2. The minimum absolute atomic E-state index is 0.103. The van der Waals surface area contributed by atoms with Crippen molar-refractivity contribution in [2.45, 2.75) is 50.5 Å². The monoisotopic (exact) mass is 650 g/mol. The van der Waals surface area contributed by atoms with Crippen molar-refractivity contribution in [3.05, 3.63) is 70.9 Å². The molecule has 10 nitrogen and oxygen atoms in total. The highest BCUT2D eigenvalue weighted by Crippen LogP contribution is 2.33. The molecule has 0 radical (unpaired) electrons. The quantitative estimate of drug-likeness (QED) is 0.309. The molecule has 0 bridgehead atoms. The maximum Gasteiger partial charge on any atom is 0.324 e. The second-order valence-corrected chi connectivity index (χ2v) is 13.3. The fourth-order valence-electron chi connectivity index (χ4n) is 6.92. The molecule has 2 N–H and O–H groups in total. The zero-order valence-electron chi connectivity index (χ0n) is 26.2. The number of piperidine rings is 1. The first-order chi connectivity index (χ1) is 22.4. The van der Waals surface area contributed by atoms with E-state index < -0.39 is 17.5 Å². The van der Waals surface area contributed by atoms with E-state index >= 15 is 0 Å². The van der Waals surface area contributed by atoms with Crippen LogP contribution in [-0.4, -0.2) is 85.9 Å². The zero-order chi connectivity index (χ0) is 31.9. The number of fused-ring (bicyclic) bond motifs is 1. The van der Waals surface area contributed by atoms with E-state index in [1.54, 1.807) is 24.3 Å². The van der Waals surface area contributed by atoms with Crippen molar-refractivity contribution in [2.75, 3.05) is 52.7 Å². The molecule has 0 atom stereocenters. The zero-order valence-corrected chi connectivity index (χ0v) is 26.9. The first-order valence-electron chi connectivity index (χ1n) is 16.4. The van der Waals surface area contributed by atoms with Crippen LogP contribution in [0.25, 0.3) is 11.0 Å². The maximum atomic E-state index is 14.4. The number of rotatable bonds is 10.